The standard InChI is InChI=1S/C19H18ClN3O3/c20-14-3-1-13(2-4-14)11-18(24)23-9-7-22(8-10-23)15-5-6-17-16(12-15)21-19(25)26-17/h1-6,12H,7-11H2,(H,21,25). The van der Waals surface area contributed by atoms with Gasteiger partial charge in [-0.05, 0) is 35.9 Å². The maximum Gasteiger partial charge on any atom is 0.417 e. The highest BCUT2D eigenvalue weighted by Crippen LogP contribution is 2.21. The van der Waals surface area contributed by atoms with Crippen LogP contribution in [0.1, 0.15) is 5.56 Å². The highest BCUT2D eigenvalue weighted by atomic mass is 35.5. The van der Waals surface area contributed by atoms with Crippen molar-refractivity contribution in [1.82, 2.24) is 9.88 Å². The van der Waals surface area contributed by atoms with Gasteiger partial charge in [-0.15, -0.1) is 0 Å². The van der Waals surface area contributed by atoms with Gasteiger partial charge in [0.25, 0.3) is 0 Å². The Balaban J connectivity index is 1.38. The molecule has 7 heteroatoms. The van der Waals surface area contributed by atoms with Gasteiger partial charge in [-0.1, -0.05) is 23.7 Å². The minimum absolute atomic E-state index is 0.126. The molecule has 1 aliphatic heterocycles. The number of hydrogen-bond donors (Lipinski definition) is 1. The molecule has 4 rings (SSSR count). The number of benzene rings is 2. The topological polar surface area (TPSA) is 69.6 Å². The number of H-pyrrole nitrogens is 1. The number of amides is 1. The monoisotopic (exact) mass is 371 g/mol. The lowest BCUT2D eigenvalue weighted by Gasteiger charge is -2.36. The van der Waals surface area contributed by atoms with E-state index in [2.05, 4.69) is 9.88 Å². The van der Waals surface area contributed by atoms with Crippen molar-refractivity contribution in [2.75, 3.05) is 31.1 Å². The number of halogens is 1. The summed E-state index contributed by atoms with van der Waals surface area (Å²) in [5.41, 5.74) is 3.22. The molecule has 0 atom stereocenters. The van der Waals surface area contributed by atoms with Crippen molar-refractivity contribution < 1.29 is 9.21 Å². The predicted octanol–water partition coefficient (Wildman–Crippen LogP) is 2.67. The summed E-state index contributed by atoms with van der Waals surface area (Å²) in [5, 5.41) is 0.672. The summed E-state index contributed by atoms with van der Waals surface area (Å²) in [6, 6.07) is 13.0. The second-order valence-electron chi connectivity index (χ2n) is 6.37. The minimum Gasteiger partial charge on any atom is -0.408 e. The van der Waals surface area contributed by atoms with E-state index < -0.39 is 5.76 Å². The number of piperazine rings is 1. The zero-order chi connectivity index (χ0) is 18.1. The van der Waals surface area contributed by atoms with E-state index in [4.69, 9.17) is 16.0 Å². The van der Waals surface area contributed by atoms with Gasteiger partial charge < -0.3 is 14.2 Å². The van der Waals surface area contributed by atoms with E-state index in [1.165, 1.54) is 0 Å². The molecule has 6 nitrogen and oxygen atoms in total. The molecule has 0 saturated carbocycles. The zero-order valence-electron chi connectivity index (χ0n) is 14.1. The third-order valence-corrected chi connectivity index (χ3v) is 4.92. The molecule has 0 radical (unpaired) electrons. The van der Waals surface area contributed by atoms with Gasteiger partial charge in [-0.2, -0.15) is 0 Å². The van der Waals surface area contributed by atoms with Gasteiger partial charge in [-0.3, -0.25) is 9.78 Å². The van der Waals surface area contributed by atoms with E-state index in [9.17, 15) is 9.59 Å². The first kappa shape index (κ1) is 16.7. The average molecular weight is 372 g/mol. The lowest BCUT2D eigenvalue weighted by atomic mass is 10.1. The molecular formula is C19H18ClN3O3. The number of carbonyl (C=O) groups is 1. The molecule has 1 aromatic heterocycles. The third-order valence-electron chi connectivity index (χ3n) is 4.67. The Labute approximate surface area is 155 Å². The Kier molecular flexibility index (Phi) is 4.42. The summed E-state index contributed by atoms with van der Waals surface area (Å²) in [4.78, 5) is 30.5. The quantitative estimate of drug-likeness (QED) is 0.768. The fourth-order valence-electron chi connectivity index (χ4n) is 3.24. The summed E-state index contributed by atoms with van der Waals surface area (Å²) in [6.07, 6.45) is 0.388. The second-order valence-corrected chi connectivity index (χ2v) is 6.80. The molecule has 26 heavy (non-hydrogen) atoms. The number of nitrogens with zero attached hydrogens (tertiary/aromatic N) is 2. The van der Waals surface area contributed by atoms with Crippen molar-refractivity contribution in [3.8, 4) is 0 Å². The number of fused-ring (bicyclic) bond motifs is 1. The van der Waals surface area contributed by atoms with Crippen LogP contribution in [0.15, 0.2) is 51.7 Å². The molecule has 0 aliphatic carbocycles. The van der Waals surface area contributed by atoms with Crippen LogP contribution in [0.2, 0.25) is 5.02 Å². The van der Waals surface area contributed by atoms with Gasteiger partial charge in [0.1, 0.15) is 0 Å². The van der Waals surface area contributed by atoms with E-state index in [1.54, 1.807) is 18.2 Å². The van der Waals surface area contributed by atoms with E-state index >= 15 is 0 Å². The number of nitrogens with one attached hydrogen (secondary N) is 1. The Morgan fingerprint density at radius 1 is 1.08 bits per heavy atom. The molecule has 134 valence electrons. The van der Waals surface area contributed by atoms with Crippen molar-refractivity contribution >= 4 is 34.3 Å². The molecule has 0 spiro atoms. The van der Waals surface area contributed by atoms with Crippen LogP contribution in [0.4, 0.5) is 5.69 Å². The van der Waals surface area contributed by atoms with Crippen molar-refractivity contribution in [3.05, 3.63) is 63.6 Å². The maximum atomic E-state index is 12.5. The van der Waals surface area contributed by atoms with Gasteiger partial charge in [0.2, 0.25) is 5.91 Å². The van der Waals surface area contributed by atoms with Crippen LogP contribution in [0.25, 0.3) is 11.1 Å². The lowest BCUT2D eigenvalue weighted by Crippen LogP contribution is -2.49. The van der Waals surface area contributed by atoms with Crippen LogP contribution in [0.5, 0.6) is 0 Å². The number of aromatic amines is 1. The predicted molar refractivity (Wildman–Crippen MR) is 101 cm³/mol. The smallest absolute Gasteiger partial charge is 0.408 e. The Morgan fingerprint density at radius 3 is 2.54 bits per heavy atom. The van der Waals surface area contributed by atoms with E-state index in [0.717, 1.165) is 24.3 Å². The summed E-state index contributed by atoms with van der Waals surface area (Å²) < 4.78 is 5.03. The van der Waals surface area contributed by atoms with Gasteiger partial charge in [0.15, 0.2) is 5.58 Å². The van der Waals surface area contributed by atoms with Crippen LogP contribution < -0.4 is 10.7 Å². The SMILES string of the molecule is O=C(Cc1ccc(Cl)cc1)N1CCN(c2ccc3oc(=O)[nH]c3c2)CC1. The Bertz CT molecular complexity index is 985. The molecule has 1 amide bonds. The largest absolute Gasteiger partial charge is 0.417 e. The Morgan fingerprint density at radius 2 is 1.81 bits per heavy atom. The number of anilines is 1. The van der Waals surface area contributed by atoms with Crippen LogP contribution in [-0.4, -0.2) is 42.0 Å². The molecule has 0 unspecified atom stereocenters. The van der Waals surface area contributed by atoms with Crippen LogP contribution in [0.3, 0.4) is 0 Å². The fraction of sp³-hybridized carbons (Fsp3) is 0.263. The van der Waals surface area contributed by atoms with Gasteiger partial charge in [0.05, 0.1) is 11.9 Å². The fourth-order valence-corrected chi connectivity index (χ4v) is 3.37. The van der Waals surface area contributed by atoms with E-state index in [0.29, 0.717) is 35.6 Å². The van der Waals surface area contributed by atoms with Crippen molar-refractivity contribution in [2.45, 2.75) is 6.42 Å². The number of hydrogen-bond acceptors (Lipinski definition) is 4. The summed E-state index contributed by atoms with van der Waals surface area (Å²) in [5.74, 6) is -0.323. The molecule has 1 saturated heterocycles. The summed E-state index contributed by atoms with van der Waals surface area (Å²) in [7, 11) is 0. The molecule has 3 aromatic rings. The van der Waals surface area contributed by atoms with Gasteiger partial charge in [0, 0.05) is 36.9 Å². The molecule has 1 N–H and O–H groups in total. The third kappa shape index (κ3) is 3.46. The highest BCUT2D eigenvalue weighted by Gasteiger charge is 2.21. The minimum atomic E-state index is -0.449. The van der Waals surface area contributed by atoms with Gasteiger partial charge in [-0.25, -0.2) is 4.79 Å². The molecule has 2 aromatic carbocycles. The summed E-state index contributed by atoms with van der Waals surface area (Å²) >= 11 is 5.88. The lowest BCUT2D eigenvalue weighted by molar-refractivity contribution is -0.130. The van der Waals surface area contributed by atoms with Crippen LogP contribution in [-0.2, 0) is 11.2 Å². The van der Waals surface area contributed by atoms with Crippen LogP contribution >= 0.6 is 11.6 Å². The van der Waals surface area contributed by atoms with Crippen molar-refractivity contribution in [2.24, 2.45) is 0 Å². The van der Waals surface area contributed by atoms with Gasteiger partial charge >= 0.3 is 5.76 Å². The number of aromatic nitrogens is 1. The first-order valence-electron chi connectivity index (χ1n) is 8.48. The molecule has 1 aliphatic rings. The number of rotatable bonds is 3. The molecule has 1 fully saturated rings. The average Bonchev–Trinajstić information content (AvgIpc) is 3.03. The summed E-state index contributed by atoms with van der Waals surface area (Å²) in [6.45, 7) is 2.85. The first-order chi connectivity index (χ1) is 12.6. The second kappa shape index (κ2) is 6.88. The van der Waals surface area contributed by atoms with Crippen molar-refractivity contribution in [1.29, 1.82) is 0 Å². The molecular weight excluding hydrogens is 354 g/mol. The highest BCUT2D eigenvalue weighted by molar-refractivity contribution is 6.30. The Hall–Kier alpha value is -2.73. The van der Waals surface area contributed by atoms with Crippen LogP contribution in [0, 0.1) is 0 Å². The van der Waals surface area contributed by atoms with Crippen molar-refractivity contribution in [3.63, 3.8) is 0 Å². The maximum absolute atomic E-state index is 12.5. The first-order valence-corrected chi connectivity index (χ1v) is 8.86. The number of oxazole rings is 1. The number of carbonyl (C=O) groups excluding carboxylic acids is 1. The zero-order valence-corrected chi connectivity index (χ0v) is 14.8. The normalized spacial score (nSPS) is 14.8. The van der Waals surface area contributed by atoms with E-state index in [1.807, 2.05) is 29.2 Å². The molecule has 2 heterocycles. The van der Waals surface area contributed by atoms with E-state index in [-0.39, 0.29) is 5.91 Å². The molecule has 0 bridgehead atoms.